The molecule has 108 valence electrons. The Morgan fingerprint density at radius 2 is 1.95 bits per heavy atom. The molecule has 0 aliphatic carbocycles. The molecule has 0 bridgehead atoms. The minimum Gasteiger partial charge on any atom is -0.399 e. The van der Waals surface area contributed by atoms with E-state index in [-0.39, 0.29) is 6.04 Å². The highest BCUT2D eigenvalue weighted by Gasteiger charge is 2.31. The summed E-state index contributed by atoms with van der Waals surface area (Å²) in [4.78, 5) is 1.45. The quantitative estimate of drug-likeness (QED) is 0.805. The summed E-state index contributed by atoms with van der Waals surface area (Å²) in [5.74, 6) is 0. The van der Waals surface area contributed by atoms with Crippen LogP contribution in [0.15, 0.2) is 24.3 Å². The van der Waals surface area contributed by atoms with Gasteiger partial charge in [0.15, 0.2) is 0 Å². The van der Waals surface area contributed by atoms with Crippen LogP contribution in [0, 0.1) is 0 Å². The summed E-state index contributed by atoms with van der Waals surface area (Å²) < 4.78 is 37.2. The van der Waals surface area contributed by atoms with Gasteiger partial charge in [0, 0.05) is 11.7 Å². The molecule has 0 fully saturated rings. The van der Waals surface area contributed by atoms with E-state index in [1.807, 2.05) is 18.2 Å². The summed E-state index contributed by atoms with van der Waals surface area (Å²) in [6.45, 7) is 3.16. The molecule has 0 heterocycles. The van der Waals surface area contributed by atoms with E-state index in [2.05, 4.69) is 0 Å². The number of nitrogens with two attached hydrogens (primary N) is 1. The van der Waals surface area contributed by atoms with E-state index in [4.69, 9.17) is 5.73 Å². The molecule has 1 rings (SSSR count). The van der Waals surface area contributed by atoms with Crippen molar-refractivity contribution in [3.05, 3.63) is 29.8 Å². The van der Waals surface area contributed by atoms with E-state index in [9.17, 15) is 13.2 Å². The molecule has 0 saturated heterocycles. The molecule has 1 aromatic rings. The Bertz CT molecular complexity index is 389. The molecule has 2 N–H and O–H groups in total. The maximum Gasteiger partial charge on any atom is 0.401 e. The summed E-state index contributed by atoms with van der Waals surface area (Å²) in [5, 5.41) is 0. The summed E-state index contributed by atoms with van der Waals surface area (Å²) in [7, 11) is 0. The van der Waals surface area contributed by atoms with Crippen molar-refractivity contribution in [2.75, 3.05) is 18.8 Å². The number of rotatable bonds is 6. The van der Waals surface area contributed by atoms with Gasteiger partial charge in [0.1, 0.15) is 0 Å². The van der Waals surface area contributed by atoms with Crippen LogP contribution in [0.2, 0.25) is 0 Å². The third-order valence-electron chi connectivity index (χ3n) is 2.97. The lowest BCUT2D eigenvalue weighted by Crippen LogP contribution is -2.39. The first-order chi connectivity index (χ1) is 8.78. The Balaban J connectivity index is 2.44. The number of aryl methyl sites for hydroxylation is 1. The SMILES string of the molecule is CC(C)N(CCCc1cccc(N)c1)CC(F)(F)F. The number of benzene rings is 1. The van der Waals surface area contributed by atoms with Crippen LogP contribution >= 0.6 is 0 Å². The normalized spacial score (nSPS) is 12.4. The predicted molar refractivity (Wildman–Crippen MR) is 71.9 cm³/mol. The molecule has 19 heavy (non-hydrogen) atoms. The second kappa shape index (κ2) is 6.80. The number of halogens is 3. The molecular formula is C14H21F3N2. The maximum atomic E-state index is 12.4. The van der Waals surface area contributed by atoms with E-state index in [0.29, 0.717) is 18.7 Å². The Morgan fingerprint density at radius 3 is 2.47 bits per heavy atom. The minimum absolute atomic E-state index is 0.109. The Kier molecular flexibility index (Phi) is 5.66. The first-order valence-corrected chi connectivity index (χ1v) is 6.43. The van der Waals surface area contributed by atoms with Crippen LogP contribution in [-0.2, 0) is 6.42 Å². The van der Waals surface area contributed by atoms with Crippen molar-refractivity contribution in [3.8, 4) is 0 Å². The van der Waals surface area contributed by atoms with Crippen molar-refractivity contribution in [1.82, 2.24) is 4.90 Å². The second-order valence-corrected chi connectivity index (χ2v) is 5.03. The van der Waals surface area contributed by atoms with Crippen LogP contribution in [-0.4, -0.2) is 30.2 Å². The molecule has 0 unspecified atom stereocenters. The highest BCUT2D eigenvalue weighted by Crippen LogP contribution is 2.18. The summed E-state index contributed by atoms with van der Waals surface area (Å²) in [5.41, 5.74) is 7.42. The maximum absolute atomic E-state index is 12.4. The van der Waals surface area contributed by atoms with Crippen LogP contribution in [0.1, 0.15) is 25.8 Å². The average molecular weight is 274 g/mol. The van der Waals surface area contributed by atoms with Crippen molar-refractivity contribution >= 4 is 5.69 Å². The van der Waals surface area contributed by atoms with Gasteiger partial charge in [-0.15, -0.1) is 0 Å². The monoisotopic (exact) mass is 274 g/mol. The largest absolute Gasteiger partial charge is 0.401 e. The number of hydrogen-bond donors (Lipinski definition) is 1. The molecule has 0 spiro atoms. The lowest BCUT2D eigenvalue weighted by molar-refractivity contribution is -0.149. The molecule has 1 aromatic carbocycles. The van der Waals surface area contributed by atoms with E-state index >= 15 is 0 Å². The zero-order chi connectivity index (χ0) is 14.5. The molecule has 0 aliphatic heterocycles. The smallest absolute Gasteiger partial charge is 0.399 e. The molecule has 0 saturated carbocycles. The molecule has 0 atom stereocenters. The number of alkyl halides is 3. The zero-order valence-electron chi connectivity index (χ0n) is 11.4. The van der Waals surface area contributed by atoms with E-state index in [1.54, 1.807) is 19.9 Å². The first-order valence-electron chi connectivity index (χ1n) is 6.43. The molecule has 2 nitrogen and oxygen atoms in total. The van der Waals surface area contributed by atoms with Crippen LogP contribution < -0.4 is 5.73 Å². The average Bonchev–Trinajstić information content (AvgIpc) is 2.26. The van der Waals surface area contributed by atoms with Crippen LogP contribution in [0.25, 0.3) is 0 Å². The van der Waals surface area contributed by atoms with Crippen molar-refractivity contribution in [2.45, 2.75) is 38.9 Å². The molecular weight excluding hydrogens is 253 g/mol. The minimum atomic E-state index is -4.14. The highest BCUT2D eigenvalue weighted by molar-refractivity contribution is 5.40. The van der Waals surface area contributed by atoms with Crippen molar-refractivity contribution in [2.24, 2.45) is 0 Å². The lowest BCUT2D eigenvalue weighted by Gasteiger charge is -2.27. The third-order valence-corrected chi connectivity index (χ3v) is 2.97. The molecule has 0 aliphatic rings. The van der Waals surface area contributed by atoms with E-state index in [0.717, 1.165) is 12.0 Å². The van der Waals surface area contributed by atoms with Crippen LogP contribution in [0.3, 0.4) is 0 Å². The standard InChI is InChI=1S/C14H21F3N2/c1-11(2)19(10-14(15,16)17)8-4-6-12-5-3-7-13(18)9-12/h3,5,7,9,11H,4,6,8,10,18H2,1-2H3. The second-order valence-electron chi connectivity index (χ2n) is 5.03. The van der Waals surface area contributed by atoms with Gasteiger partial charge in [-0.05, 0) is 50.9 Å². The molecule has 5 heteroatoms. The van der Waals surface area contributed by atoms with E-state index < -0.39 is 12.7 Å². The summed E-state index contributed by atoms with van der Waals surface area (Å²) in [6, 6.07) is 7.36. The fraction of sp³-hybridized carbons (Fsp3) is 0.571. The van der Waals surface area contributed by atoms with Crippen LogP contribution in [0.4, 0.5) is 18.9 Å². The Hall–Kier alpha value is -1.23. The van der Waals surface area contributed by atoms with Gasteiger partial charge < -0.3 is 5.73 Å². The summed E-state index contributed by atoms with van der Waals surface area (Å²) in [6.07, 6.45) is -2.70. The third kappa shape index (κ3) is 6.47. The highest BCUT2D eigenvalue weighted by atomic mass is 19.4. The topological polar surface area (TPSA) is 29.3 Å². The van der Waals surface area contributed by atoms with Gasteiger partial charge in [-0.25, -0.2) is 0 Å². The number of hydrogen-bond acceptors (Lipinski definition) is 2. The molecule has 0 radical (unpaired) electrons. The van der Waals surface area contributed by atoms with Gasteiger partial charge in [0.25, 0.3) is 0 Å². The van der Waals surface area contributed by atoms with Crippen molar-refractivity contribution in [3.63, 3.8) is 0 Å². The fourth-order valence-electron chi connectivity index (χ4n) is 1.99. The lowest BCUT2D eigenvalue weighted by atomic mass is 10.1. The number of anilines is 1. The fourth-order valence-corrected chi connectivity index (χ4v) is 1.99. The first kappa shape index (κ1) is 15.8. The predicted octanol–water partition coefficient (Wildman–Crippen LogP) is 3.47. The number of nitrogen functional groups attached to an aromatic ring is 1. The van der Waals surface area contributed by atoms with Gasteiger partial charge >= 0.3 is 6.18 Å². The van der Waals surface area contributed by atoms with Crippen LogP contribution in [0.5, 0.6) is 0 Å². The van der Waals surface area contributed by atoms with Gasteiger partial charge in [0.05, 0.1) is 6.54 Å². The summed E-state index contributed by atoms with van der Waals surface area (Å²) >= 11 is 0. The molecule has 0 aromatic heterocycles. The van der Waals surface area contributed by atoms with Crippen molar-refractivity contribution in [1.29, 1.82) is 0 Å². The van der Waals surface area contributed by atoms with E-state index in [1.165, 1.54) is 4.90 Å². The zero-order valence-corrected chi connectivity index (χ0v) is 11.4. The number of nitrogens with zero attached hydrogens (tertiary/aromatic N) is 1. The van der Waals surface area contributed by atoms with Crippen molar-refractivity contribution < 1.29 is 13.2 Å². The molecule has 0 amide bonds. The van der Waals surface area contributed by atoms with Gasteiger partial charge in [-0.3, -0.25) is 4.90 Å². The Morgan fingerprint density at radius 1 is 1.26 bits per heavy atom. The van der Waals surface area contributed by atoms with Gasteiger partial charge in [0.2, 0.25) is 0 Å². The van der Waals surface area contributed by atoms with Gasteiger partial charge in [-0.1, -0.05) is 12.1 Å². The van der Waals surface area contributed by atoms with Gasteiger partial charge in [-0.2, -0.15) is 13.2 Å². The Labute approximate surface area is 112 Å².